The van der Waals surface area contributed by atoms with E-state index in [-0.39, 0.29) is 21.6 Å². The number of imide groups is 1. The van der Waals surface area contributed by atoms with Crippen molar-refractivity contribution in [3.8, 4) is 0 Å². The van der Waals surface area contributed by atoms with Gasteiger partial charge in [-0.2, -0.15) is 0 Å². The summed E-state index contributed by atoms with van der Waals surface area (Å²) in [6.45, 7) is 1.40. The fourth-order valence-corrected chi connectivity index (χ4v) is 4.59. The molecule has 2 aliphatic heterocycles. The smallest absolute Gasteiger partial charge is 0.366 e. The topological polar surface area (TPSA) is 104 Å². The van der Waals surface area contributed by atoms with Gasteiger partial charge in [0.1, 0.15) is 0 Å². The first-order valence-corrected chi connectivity index (χ1v) is 11.2. The molecule has 162 valence electrons. The van der Waals surface area contributed by atoms with Crippen molar-refractivity contribution in [2.75, 3.05) is 32.1 Å². The summed E-state index contributed by atoms with van der Waals surface area (Å²) in [5.41, 5.74) is 0.756. The fraction of sp³-hybridized carbons (Fsp3) is 0.286. The van der Waals surface area contributed by atoms with Gasteiger partial charge in [0.15, 0.2) is 0 Å². The Balaban J connectivity index is 1.71. The van der Waals surface area contributed by atoms with E-state index in [0.717, 1.165) is 17.1 Å². The molecular weight excluding hydrogens is 422 g/mol. The van der Waals surface area contributed by atoms with Crippen molar-refractivity contribution >= 4 is 33.5 Å². The zero-order valence-electron chi connectivity index (χ0n) is 17.1. The van der Waals surface area contributed by atoms with E-state index in [9.17, 15) is 22.8 Å². The van der Waals surface area contributed by atoms with E-state index in [1.54, 1.807) is 18.2 Å². The Morgan fingerprint density at radius 2 is 1.55 bits per heavy atom. The summed E-state index contributed by atoms with van der Waals surface area (Å²) < 4.78 is 26.2. The number of anilines is 1. The Morgan fingerprint density at radius 3 is 2.10 bits per heavy atom. The highest BCUT2D eigenvalue weighted by Gasteiger charge is 2.39. The minimum atomic E-state index is -3.81. The fourth-order valence-electron chi connectivity index (χ4n) is 3.67. The number of benzene rings is 2. The molecule has 0 radical (unpaired) electrons. The number of sulfonamides is 1. The first-order chi connectivity index (χ1) is 14.7. The maximum absolute atomic E-state index is 13.1. The lowest BCUT2D eigenvalue weighted by atomic mass is 10.1. The number of rotatable bonds is 5. The Kier molecular flexibility index (Phi) is 5.28. The van der Waals surface area contributed by atoms with Gasteiger partial charge in [0, 0.05) is 27.2 Å². The van der Waals surface area contributed by atoms with Gasteiger partial charge >= 0.3 is 5.97 Å². The minimum Gasteiger partial charge on any atom is -0.371 e. The van der Waals surface area contributed by atoms with Crippen LogP contribution in [-0.2, 0) is 14.9 Å². The number of hydrogen-bond acceptors (Lipinski definition) is 7. The van der Waals surface area contributed by atoms with Crippen molar-refractivity contribution in [1.29, 1.82) is 0 Å². The van der Waals surface area contributed by atoms with Gasteiger partial charge in [0.25, 0.3) is 11.8 Å². The second kappa shape index (κ2) is 7.78. The quantitative estimate of drug-likeness (QED) is 0.650. The molecular formula is C21H21N3O6S. The summed E-state index contributed by atoms with van der Waals surface area (Å²) in [5, 5.41) is 0.424. The number of hydrogen-bond donors (Lipinski definition) is 0. The van der Waals surface area contributed by atoms with Crippen LogP contribution in [0, 0.1) is 0 Å². The van der Waals surface area contributed by atoms with Crippen LogP contribution in [-0.4, -0.2) is 62.8 Å². The monoisotopic (exact) mass is 443 g/mol. The van der Waals surface area contributed by atoms with Crippen LogP contribution in [0.3, 0.4) is 0 Å². The molecule has 2 amide bonds. The summed E-state index contributed by atoms with van der Waals surface area (Å²) >= 11 is 0. The Labute approximate surface area is 179 Å². The predicted octanol–water partition coefficient (Wildman–Crippen LogP) is 1.91. The highest BCUT2D eigenvalue weighted by atomic mass is 32.2. The molecule has 0 bridgehead atoms. The van der Waals surface area contributed by atoms with Crippen molar-refractivity contribution in [2.45, 2.75) is 17.7 Å². The first kappa shape index (κ1) is 21.0. The van der Waals surface area contributed by atoms with E-state index in [4.69, 9.17) is 4.84 Å². The van der Waals surface area contributed by atoms with Gasteiger partial charge in [-0.15, -0.1) is 0 Å². The number of amides is 2. The van der Waals surface area contributed by atoms with E-state index in [0.29, 0.717) is 23.8 Å². The summed E-state index contributed by atoms with van der Waals surface area (Å²) in [4.78, 5) is 45.2. The van der Waals surface area contributed by atoms with Crippen LogP contribution in [0.4, 0.5) is 5.69 Å². The van der Waals surface area contributed by atoms with E-state index >= 15 is 0 Å². The summed E-state index contributed by atoms with van der Waals surface area (Å²) in [7, 11) is -1.03. The van der Waals surface area contributed by atoms with Gasteiger partial charge in [-0.3, -0.25) is 9.59 Å². The highest BCUT2D eigenvalue weighted by molar-refractivity contribution is 7.89. The molecule has 4 rings (SSSR count). The van der Waals surface area contributed by atoms with Crippen molar-refractivity contribution in [2.24, 2.45) is 0 Å². The number of carbonyl (C=O) groups excluding carboxylic acids is 3. The summed E-state index contributed by atoms with van der Waals surface area (Å²) in [6, 6.07) is 10.4. The zero-order valence-corrected chi connectivity index (χ0v) is 17.9. The molecule has 0 unspecified atom stereocenters. The molecule has 9 nitrogen and oxygen atoms in total. The molecule has 0 N–H and O–H groups in total. The summed E-state index contributed by atoms with van der Waals surface area (Å²) in [5.74, 6) is -2.46. The average molecular weight is 443 g/mol. The normalized spacial score (nSPS) is 16.2. The minimum absolute atomic E-state index is 0.0265. The SMILES string of the molecule is CN(C)S(=O)(=O)c1ccc(N2CCCC2)c(C(=O)ON2C(=O)c3ccccc3C2=O)c1. The third-order valence-electron chi connectivity index (χ3n) is 5.34. The largest absolute Gasteiger partial charge is 0.371 e. The van der Waals surface area contributed by atoms with Gasteiger partial charge in [0.2, 0.25) is 10.0 Å². The van der Waals surface area contributed by atoms with Crippen molar-refractivity contribution in [1.82, 2.24) is 9.37 Å². The predicted molar refractivity (Wildman–Crippen MR) is 111 cm³/mol. The summed E-state index contributed by atoms with van der Waals surface area (Å²) in [6.07, 6.45) is 1.87. The van der Waals surface area contributed by atoms with E-state index in [2.05, 4.69) is 0 Å². The number of nitrogens with zero attached hydrogens (tertiary/aromatic N) is 3. The second-order valence-corrected chi connectivity index (χ2v) is 9.64. The average Bonchev–Trinajstić information content (AvgIpc) is 3.37. The number of fused-ring (bicyclic) bond motifs is 1. The molecule has 1 saturated heterocycles. The molecule has 2 aromatic carbocycles. The Bertz CT molecular complexity index is 1150. The zero-order chi connectivity index (χ0) is 22.3. The van der Waals surface area contributed by atoms with E-state index in [1.165, 1.54) is 38.4 Å². The van der Waals surface area contributed by atoms with Crippen LogP contribution in [0.15, 0.2) is 47.4 Å². The molecule has 0 saturated carbocycles. The molecule has 1 fully saturated rings. The maximum Gasteiger partial charge on any atom is 0.366 e. The maximum atomic E-state index is 13.1. The molecule has 0 aromatic heterocycles. The standard InChI is InChI=1S/C21H21N3O6S/c1-22(2)31(28,29)14-9-10-18(23-11-5-6-12-23)17(13-14)21(27)30-24-19(25)15-7-3-4-8-16(15)20(24)26/h3-4,7-10,13H,5-6,11-12H2,1-2H3. The molecule has 0 spiro atoms. The lowest BCUT2D eigenvalue weighted by Crippen LogP contribution is -2.33. The van der Waals surface area contributed by atoms with Gasteiger partial charge < -0.3 is 9.74 Å². The number of hydroxylamine groups is 2. The number of carbonyl (C=O) groups is 3. The van der Waals surface area contributed by atoms with Gasteiger partial charge in [-0.1, -0.05) is 17.2 Å². The first-order valence-electron chi connectivity index (χ1n) is 9.73. The molecule has 2 aromatic rings. The van der Waals surface area contributed by atoms with E-state index in [1.807, 2.05) is 4.90 Å². The van der Waals surface area contributed by atoms with Crippen molar-refractivity contribution < 1.29 is 27.6 Å². The van der Waals surface area contributed by atoms with Crippen LogP contribution in [0.25, 0.3) is 0 Å². The highest BCUT2D eigenvalue weighted by Crippen LogP contribution is 2.30. The lowest BCUT2D eigenvalue weighted by molar-refractivity contribution is -0.0584. The van der Waals surface area contributed by atoms with Crippen LogP contribution in [0.5, 0.6) is 0 Å². The van der Waals surface area contributed by atoms with Crippen LogP contribution >= 0.6 is 0 Å². The van der Waals surface area contributed by atoms with Crippen molar-refractivity contribution in [3.05, 3.63) is 59.2 Å². The van der Waals surface area contributed by atoms with Crippen LogP contribution in [0.1, 0.15) is 43.9 Å². The Hall–Kier alpha value is -3.24. The third-order valence-corrected chi connectivity index (χ3v) is 7.16. The molecule has 10 heteroatoms. The van der Waals surface area contributed by atoms with Gasteiger partial charge in [-0.05, 0) is 43.2 Å². The van der Waals surface area contributed by atoms with Crippen LogP contribution < -0.4 is 4.90 Å². The molecule has 2 aliphatic rings. The molecule has 31 heavy (non-hydrogen) atoms. The molecule has 2 heterocycles. The van der Waals surface area contributed by atoms with Gasteiger partial charge in [0.05, 0.1) is 27.3 Å². The van der Waals surface area contributed by atoms with Crippen molar-refractivity contribution in [3.63, 3.8) is 0 Å². The lowest BCUT2D eigenvalue weighted by Gasteiger charge is -2.22. The second-order valence-electron chi connectivity index (χ2n) is 7.49. The Morgan fingerprint density at radius 1 is 0.968 bits per heavy atom. The van der Waals surface area contributed by atoms with Crippen LogP contribution in [0.2, 0.25) is 0 Å². The molecule has 0 aliphatic carbocycles. The molecule has 0 atom stereocenters. The van der Waals surface area contributed by atoms with E-state index < -0.39 is 27.8 Å². The third kappa shape index (κ3) is 3.57. The van der Waals surface area contributed by atoms with Gasteiger partial charge in [-0.25, -0.2) is 17.5 Å².